The highest BCUT2D eigenvalue weighted by Gasteiger charge is 2.26. The van der Waals surface area contributed by atoms with E-state index in [2.05, 4.69) is 10.2 Å². The Morgan fingerprint density at radius 3 is 2.74 bits per heavy atom. The zero-order chi connectivity index (χ0) is 22.0. The minimum absolute atomic E-state index is 0.0151. The first-order valence-electron chi connectivity index (χ1n) is 9.98. The van der Waals surface area contributed by atoms with Crippen LogP contribution in [0.4, 0.5) is 11.4 Å². The lowest BCUT2D eigenvalue weighted by Gasteiger charge is -2.30. The number of nitrogens with one attached hydrogen (secondary N) is 1. The SMILES string of the molecule is CN(C)CCCN1C(=O)COc2ccc(NC(=O)c3cc4ccccc4oc3=O)cc21. The van der Waals surface area contributed by atoms with Gasteiger partial charge in [-0.25, -0.2) is 4.79 Å². The van der Waals surface area contributed by atoms with Crippen molar-refractivity contribution in [3.05, 3.63) is 64.5 Å². The summed E-state index contributed by atoms with van der Waals surface area (Å²) < 4.78 is 10.8. The Morgan fingerprint density at radius 2 is 1.94 bits per heavy atom. The molecular formula is C23H23N3O5. The van der Waals surface area contributed by atoms with E-state index in [0.717, 1.165) is 13.0 Å². The average molecular weight is 421 g/mol. The second kappa shape index (κ2) is 8.61. The van der Waals surface area contributed by atoms with E-state index in [0.29, 0.717) is 34.6 Å². The number of nitrogens with zero attached hydrogens (tertiary/aromatic N) is 2. The highest BCUT2D eigenvalue weighted by atomic mass is 16.5. The summed E-state index contributed by atoms with van der Waals surface area (Å²) in [6.07, 6.45) is 0.799. The van der Waals surface area contributed by atoms with Crippen molar-refractivity contribution in [2.75, 3.05) is 44.0 Å². The standard InChI is InChI=1S/C23H23N3O5/c1-25(2)10-5-11-26-18-13-16(8-9-20(18)30-14-21(26)27)24-22(28)17-12-15-6-3-4-7-19(15)31-23(17)29/h3-4,6-9,12-13H,5,10-11,14H2,1-2H3,(H,24,28). The highest BCUT2D eigenvalue weighted by molar-refractivity contribution is 6.06. The van der Waals surface area contributed by atoms with Gasteiger partial charge in [-0.15, -0.1) is 0 Å². The largest absolute Gasteiger partial charge is 0.482 e. The van der Waals surface area contributed by atoms with Crippen LogP contribution in [0.3, 0.4) is 0 Å². The van der Waals surface area contributed by atoms with Crippen LogP contribution in [0.2, 0.25) is 0 Å². The van der Waals surface area contributed by atoms with E-state index in [1.165, 1.54) is 6.07 Å². The van der Waals surface area contributed by atoms with Gasteiger partial charge in [0.05, 0.1) is 5.69 Å². The smallest absolute Gasteiger partial charge is 0.349 e. The first kappa shape index (κ1) is 20.6. The number of hydrogen-bond donors (Lipinski definition) is 1. The fourth-order valence-electron chi connectivity index (χ4n) is 3.49. The molecule has 31 heavy (non-hydrogen) atoms. The van der Waals surface area contributed by atoms with Gasteiger partial charge in [-0.1, -0.05) is 18.2 Å². The molecule has 0 fully saturated rings. The summed E-state index contributed by atoms with van der Waals surface area (Å²) in [5.74, 6) is -0.140. The van der Waals surface area contributed by atoms with Crippen molar-refractivity contribution in [2.24, 2.45) is 0 Å². The van der Waals surface area contributed by atoms with E-state index in [1.807, 2.05) is 14.1 Å². The number of ether oxygens (including phenoxy) is 1. The molecule has 0 saturated carbocycles. The maximum Gasteiger partial charge on any atom is 0.349 e. The number of benzene rings is 2. The molecule has 8 nitrogen and oxygen atoms in total. The first-order valence-corrected chi connectivity index (χ1v) is 9.98. The number of anilines is 2. The molecule has 0 bridgehead atoms. The Hall–Kier alpha value is -3.65. The maximum atomic E-state index is 12.8. The molecule has 1 aliphatic heterocycles. The van der Waals surface area contributed by atoms with Crippen LogP contribution in [-0.2, 0) is 4.79 Å². The third-order valence-electron chi connectivity index (χ3n) is 5.03. The van der Waals surface area contributed by atoms with Crippen LogP contribution in [-0.4, -0.2) is 50.5 Å². The molecule has 4 rings (SSSR count). The normalized spacial score (nSPS) is 13.3. The molecular weight excluding hydrogens is 398 g/mol. The lowest BCUT2D eigenvalue weighted by molar-refractivity contribution is -0.121. The molecule has 1 aromatic heterocycles. The fraction of sp³-hybridized carbons (Fsp3) is 0.261. The van der Waals surface area contributed by atoms with Gasteiger partial charge in [-0.2, -0.15) is 0 Å². The van der Waals surface area contributed by atoms with E-state index in [-0.39, 0.29) is 18.1 Å². The average Bonchev–Trinajstić information content (AvgIpc) is 2.74. The Kier molecular flexibility index (Phi) is 5.73. The summed E-state index contributed by atoms with van der Waals surface area (Å²) in [7, 11) is 3.96. The lowest BCUT2D eigenvalue weighted by Crippen LogP contribution is -2.40. The minimum atomic E-state index is -0.710. The molecule has 0 atom stereocenters. The van der Waals surface area contributed by atoms with E-state index in [4.69, 9.17) is 9.15 Å². The van der Waals surface area contributed by atoms with Crippen LogP contribution in [0.1, 0.15) is 16.8 Å². The third-order valence-corrected chi connectivity index (χ3v) is 5.03. The summed E-state index contributed by atoms with van der Waals surface area (Å²) in [6.45, 7) is 1.37. The van der Waals surface area contributed by atoms with Crippen molar-refractivity contribution >= 4 is 34.2 Å². The van der Waals surface area contributed by atoms with Gasteiger partial charge in [0.25, 0.3) is 11.8 Å². The molecule has 2 heterocycles. The zero-order valence-corrected chi connectivity index (χ0v) is 17.4. The van der Waals surface area contributed by atoms with Gasteiger partial charge < -0.3 is 24.3 Å². The summed E-state index contributed by atoms with van der Waals surface area (Å²) in [5, 5.41) is 3.38. The fourth-order valence-corrected chi connectivity index (χ4v) is 3.49. The van der Waals surface area contributed by atoms with E-state index >= 15 is 0 Å². The van der Waals surface area contributed by atoms with Crippen molar-refractivity contribution in [1.82, 2.24) is 4.90 Å². The number of rotatable bonds is 6. The second-order valence-corrected chi connectivity index (χ2v) is 7.61. The van der Waals surface area contributed by atoms with Gasteiger partial charge in [0.2, 0.25) is 0 Å². The van der Waals surface area contributed by atoms with Crippen molar-refractivity contribution in [3.63, 3.8) is 0 Å². The van der Waals surface area contributed by atoms with Gasteiger partial charge in [0, 0.05) is 17.6 Å². The maximum absolute atomic E-state index is 12.8. The number of amides is 2. The van der Waals surface area contributed by atoms with Crippen LogP contribution in [0.15, 0.2) is 57.7 Å². The van der Waals surface area contributed by atoms with Crippen LogP contribution in [0.25, 0.3) is 11.0 Å². The summed E-state index contributed by atoms with van der Waals surface area (Å²) in [6, 6.07) is 13.6. The zero-order valence-electron chi connectivity index (χ0n) is 17.4. The minimum Gasteiger partial charge on any atom is -0.482 e. The summed E-state index contributed by atoms with van der Waals surface area (Å²) >= 11 is 0. The predicted molar refractivity (Wildman–Crippen MR) is 118 cm³/mol. The second-order valence-electron chi connectivity index (χ2n) is 7.61. The van der Waals surface area contributed by atoms with Gasteiger partial charge >= 0.3 is 5.63 Å². The molecule has 0 radical (unpaired) electrons. The van der Waals surface area contributed by atoms with E-state index < -0.39 is 11.5 Å². The van der Waals surface area contributed by atoms with Crippen LogP contribution in [0, 0.1) is 0 Å². The summed E-state index contributed by atoms with van der Waals surface area (Å²) in [5.41, 5.74) is 0.664. The topological polar surface area (TPSA) is 92.1 Å². The van der Waals surface area contributed by atoms with Crippen LogP contribution < -0.4 is 20.6 Å². The van der Waals surface area contributed by atoms with Crippen molar-refractivity contribution in [2.45, 2.75) is 6.42 Å². The van der Waals surface area contributed by atoms with Gasteiger partial charge in [0.15, 0.2) is 6.61 Å². The molecule has 8 heteroatoms. The van der Waals surface area contributed by atoms with Crippen molar-refractivity contribution < 1.29 is 18.7 Å². The van der Waals surface area contributed by atoms with Crippen LogP contribution in [0.5, 0.6) is 5.75 Å². The van der Waals surface area contributed by atoms with Gasteiger partial charge in [0.1, 0.15) is 16.9 Å². The predicted octanol–water partition coefficient (Wildman–Crippen LogP) is 2.72. The molecule has 0 saturated heterocycles. The molecule has 160 valence electrons. The number of fused-ring (bicyclic) bond motifs is 2. The highest BCUT2D eigenvalue weighted by Crippen LogP contribution is 2.34. The molecule has 3 aromatic rings. The molecule has 2 amide bonds. The molecule has 0 unspecified atom stereocenters. The van der Waals surface area contributed by atoms with Crippen molar-refractivity contribution in [1.29, 1.82) is 0 Å². The number of hydrogen-bond acceptors (Lipinski definition) is 6. The van der Waals surface area contributed by atoms with Crippen molar-refractivity contribution in [3.8, 4) is 5.75 Å². The number of carbonyl (C=O) groups excluding carboxylic acids is 2. The Bertz CT molecular complexity index is 1200. The Morgan fingerprint density at radius 1 is 1.13 bits per heavy atom. The Balaban J connectivity index is 1.58. The van der Waals surface area contributed by atoms with Gasteiger partial charge in [-0.3, -0.25) is 9.59 Å². The molecule has 1 N–H and O–H groups in total. The molecule has 1 aliphatic rings. The molecule has 0 spiro atoms. The number of para-hydroxylation sites is 1. The monoisotopic (exact) mass is 421 g/mol. The van der Waals surface area contributed by atoms with Gasteiger partial charge in [-0.05, 0) is 57.4 Å². The molecule has 0 aliphatic carbocycles. The van der Waals surface area contributed by atoms with E-state index in [1.54, 1.807) is 47.4 Å². The Labute approximate surface area is 179 Å². The summed E-state index contributed by atoms with van der Waals surface area (Å²) in [4.78, 5) is 41.1. The first-order chi connectivity index (χ1) is 14.9. The van der Waals surface area contributed by atoms with Crippen LogP contribution >= 0.6 is 0 Å². The number of carbonyl (C=O) groups is 2. The lowest BCUT2D eigenvalue weighted by atomic mass is 10.1. The quantitative estimate of drug-likeness (QED) is 0.616. The molecule has 2 aromatic carbocycles. The third kappa shape index (κ3) is 4.44. The van der Waals surface area contributed by atoms with E-state index in [9.17, 15) is 14.4 Å².